The highest BCUT2D eigenvalue weighted by Crippen LogP contribution is 2.26. The molecule has 0 atom stereocenters. The smallest absolute Gasteiger partial charge is 0.325 e. The minimum Gasteiger partial charge on any atom is -0.424 e. The summed E-state index contributed by atoms with van der Waals surface area (Å²) in [5.74, 6) is 2.47. The van der Waals surface area contributed by atoms with Crippen molar-refractivity contribution in [2.45, 2.75) is 6.92 Å². The number of ether oxygens (including phenoxy) is 2. The van der Waals surface area contributed by atoms with Gasteiger partial charge in [-0.25, -0.2) is 0 Å². The van der Waals surface area contributed by atoms with Crippen molar-refractivity contribution in [1.29, 1.82) is 0 Å². The van der Waals surface area contributed by atoms with Crippen molar-refractivity contribution in [3.05, 3.63) is 42.6 Å². The van der Waals surface area contributed by atoms with Gasteiger partial charge in [-0.15, -0.1) is 0 Å². The second kappa shape index (κ2) is 8.57. The lowest BCUT2D eigenvalue weighted by molar-refractivity contribution is -0.114. The van der Waals surface area contributed by atoms with Crippen LogP contribution in [0.3, 0.4) is 0 Å². The number of hydrogen-bond acceptors (Lipinski definition) is 8. The molecule has 1 fully saturated rings. The van der Waals surface area contributed by atoms with Crippen LogP contribution in [0.4, 0.5) is 23.1 Å². The number of nitrogens with one attached hydrogen (secondary N) is 3. The average molecular weight is 395 g/mol. The van der Waals surface area contributed by atoms with Crippen LogP contribution in [-0.4, -0.2) is 52.4 Å². The molecule has 3 N–H and O–H groups in total. The summed E-state index contributed by atoms with van der Waals surface area (Å²) in [7, 11) is 0. The molecular weight excluding hydrogens is 374 g/mol. The monoisotopic (exact) mass is 395 g/mol. The molecule has 2 aromatic heterocycles. The van der Waals surface area contributed by atoms with Crippen molar-refractivity contribution in [3.8, 4) is 11.8 Å². The summed E-state index contributed by atoms with van der Waals surface area (Å²) >= 11 is 0. The van der Waals surface area contributed by atoms with E-state index in [0.717, 1.165) is 18.9 Å². The van der Waals surface area contributed by atoms with Crippen molar-refractivity contribution in [2.24, 2.45) is 0 Å². The Balaban J connectivity index is 1.57. The van der Waals surface area contributed by atoms with Gasteiger partial charge in [0.1, 0.15) is 23.2 Å². The van der Waals surface area contributed by atoms with Gasteiger partial charge in [-0.1, -0.05) is 0 Å². The van der Waals surface area contributed by atoms with Crippen molar-refractivity contribution < 1.29 is 14.3 Å². The van der Waals surface area contributed by atoms with Crippen LogP contribution in [0, 0.1) is 0 Å². The van der Waals surface area contributed by atoms with Crippen LogP contribution in [0.1, 0.15) is 6.92 Å². The van der Waals surface area contributed by atoms with Gasteiger partial charge in [-0.3, -0.25) is 9.89 Å². The number of nitrogens with zero attached hydrogens (tertiary/aromatic N) is 4. The highest BCUT2D eigenvalue weighted by molar-refractivity contribution is 5.88. The van der Waals surface area contributed by atoms with Crippen molar-refractivity contribution in [1.82, 2.24) is 20.2 Å². The maximum Gasteiger partial charge on any atom is 0.325 e. The molecule has 3 heterocycles. The van der Waals surface area contributed by atoms with Gasteiger partial charge >= 0.3 is 6.01 Å². The van der Waals surface area contributed by atoms with Crippen LogP contribution < -0.4 is 20.3 Å². The Labute approximate surface area is 167 Å². The predicted octanol–water partition coefficient (Wildman–Crippen LogP) is 2.53. The third kappa shape index (κ3) is 4.99. The van der Waals surface area contributed by atoms with Gasteiger partial charge < -0.3 is 25.0 Å². The molecule has 0 unspecified atom stereocenters. The van der Waals surface area contributed by atoms with Gasteiger partial charge in [0.25, 0.3) is 0 Å². The number of aromatic nitrogens is 4. The van der Waals surface area contributed by atoms with Crippen LogP contribution in [-0.2, 0) is 9.53 Å². The molecule has 1 aliphatic rings. The summed E-state index contributed by atoms with van der Waals surface area (Å²) < 4.78 is 11.3. The fraction of sp³-hybridized carbons (Fsp3) is 0.263. The van der Waals surface area contributed by atoms with E-state index < -0.39 is 0 Å². The third-order valence-electron chi connectivity index (χ3n) is 4.17. The zero-order valence-corrected chi connectivity index (χ0v) is 15.9. The maximum atomic E-state index is 11.2. The number of carbonyl (C=O) groups is 1. The minimum absolute atomic E-state index is 0.130. The first-order chi connectivity index (χ1) is 14.2. The molecule has 0 bridgehead atoms. The Morgan fingerprint density at radius 1 is 1.17 bits per heavy atom. The average Bonchev–Trinajstić information content (AvgIpc) is 3.23. The number of benzene rings is 1. The van der Waals surface area contributed by atoms with E-state index in [2.05, 4.69) is 35.7 Å². The second-order valence-corrected chi connectivity index (χ2v) is 6.40. The maximum absolute atomic E-state index is 11.2. The van der Waals surface area contributed by atoms with E-state index in [1.165, 1.54) is 6.92 Å². The van der Waals surface area contributed by atoms with Gasteiger partial charge in [-0.05, 0) is 24.3 Å². The molecule has 0 aliphatic carbocycles. The molecule has 0 radical (unpaired) electrons. The first-order valence-corrected chi connectivity index (χ1v) is 9.19. The van der Waals surface area contributed by atoms with Gasteiger partial charge in [0.2, 0.25) is 5.91 Å². The van der Waals surface area contributed by atoms with Gasteiger partial charge in [0.15, 0.2) is 0 Å². The molecule has 1 aliphatic heterocycles. The molecule has 10 nitrogen and oxygen atoms in total. The largest absolute Gasteiger partial charge is 0.424 e. The fourth-order valence-corrected chi connectivity index (χ4v) is 2.86. The van der Waals surface area contributed by atoms with Crippen molar-refractivity contribution in [3.63, 3.8) is 0 Å². The van der Waals surface area contributed by atoms with Gasteiger partial charge in [0, 0.05) is 37.8 Å². The molecule has 10 heteroatoms. The normalized spacial score (nSPS) is 13.8. The lowest BCUT2D eigenvalue weighted by Crippen LogP contribution is -2.36. The Morgan fingerprint density at radius 3 is 2.66 bits per heavy atom. The molecule has 0 spiro atoms. The van der Waals surface area contributed by atoms with Gasteiger partial charge in [-0.2, -0.15) is 15.1 Å². The van der Waals surface area contributed by atoms with E-state index in [0.29, 0.717) is 36.3 Å². The summed E-state index contributed by atoms with van der Waals surface area (Å²) in [6.45, 7) is 4.24. The standard InChI is InChI=1S/C19H21N7O3/c1-13(27)21-14-2-4-15(5-3-14)29-19-23-17(22-16-6-7-20-25-16)12-18(24-19)26-8-10-28-11-9-26/h2-7,12H,8-11H2,1H3,(H,21,27)(H2,20,22,23,24,25). The van der Waals surface area contributed by atoms with Gasteiger partial charge in [0.05, 0.1) is 19.4 Å². The van der Waals surface area contributed by atoms with Crippen LogP contribution in [0.5, 0.6) is 11.8 Å². The summed E-state index contributed by atoms with van der Waals surface area (Å²) in [6.07, 6.45) is 1.65. The zero-order valence-electron chi connectivity index (χ0n) is 15.9. The number of H-pyrrole nitrogens is 1. The number of hydrogen-bond donors (Lipinski definition) is 3. The molecule has 4 rings (SSSR count). The number of aromatic amines is 1. The van der Waals surface area contributed by atoms with E-state index in [1.807, 2.05) is 6.07 Å². The summed E-state index contributed by atoms with van der Waals surface area (Å²) in [6, 6.07) is 10.9. The Morgan fingerprint density at radius 2 is 1.97 bits per heavy atom. The number of morpholine rings is 1. The second-order valence-electron chi connectivity index (χ2n) is 6.40. The molecule has 0 saturated carbocycles. The highest BCUT2D eigenvalue weighted by Gasteiger charge is 2.16. The summed E-state index contributed by atoms with van der Waals surface area (Å²) in [5, 5.41) is 12.7. The molecular formula is C19H21N7O3. The Hall–Kier alpha value is -3.66. The number of carbonyl (C=O) groups excluding carboxylic acids is 1. The van der Waals surface area contributed by atoms with Crippen LogP contribution in [0.2, 0.25) is 0 Å². The number of amides is 1. The van der Waals surface area contributed by atoms with E-state index in [-0.39, 0.29) is 11.9 Å². The lowest BCUT2D eigenvalue weighted by Gasteiger charge is -2.28. The molecule has 29 heavy (non-hydrogen) atoms. The molecule has 1 amide bonds. The Kier molecular flexibility index (Phi) is 5.52. The SMILES string of the molecule is CC(=O)Nc1ccc(Oc2nc(Nc3ccn[nH]3)cc(N3CCOCC3)n2)cc1. The third-order valence-corrected chi connectivity index (χ3v) is 4.17. The van der Waals surface area contributed by atoms with Crippen LogP contribution >= 0.6 is 0 Å². The predicted molar refractivity (Wildman–Crippen MR) is 108 cm³/mol. The van der Waals surface area contributed by atoms with Crippen LogP contribution in [0.15, 0.2) is 42.6 Å². The molecule has 1 saturated heterocycles. The zero-order chi connectivity index (χ0) is 20.1. The van der Waals surface area contributed by atoms with E-state index >= 15 is 0 Å². The molecule has 1 aromatic carbocycles. The Bertz CT molecular complexity index is 954. The number of anilines is 4. The quantitative estimate of drug-likeness (QED) is 0.583. The molecule has 3 aromatic rings. The first-order valence-electron chi connectivity index (χ1n) is 9.19. The fourth-order valence-electron chi connectivity index (χ4n) is 2.86. The first kappa shape index (κ1) is 18.7. The number of rotatable bonds is 6. The van der Waals surface area contributed by atoms with E-state index in [9.17, 15) is 4.79 Å². The van der Waals surface area contributed by atoms with E-state index in [1.54, 1.807) is 36.5 Å². The van der Waals surface area contributed by atoms with Crippen LogP contribution in [0.25, 0.3) is 0 Å². The topological polar surface area (TPSA) is 117 Å². The minimum atomic E-state index is -0.130. The van der Waals surface area contributed by atoms with E-state index in [4.69, 9.17) is 9.47 Å². The molecule has 150 valence electrons. The highest BCUT2D eigenvalue weighted by atomic mass is 16.5. The van der Waals surface area contributed by atoms with Crippen molar-refractivity contribution >= 4 is 29.0 Å². The summed E-state index contributed by atoms with van der Waals surface area (Å²) in [5.41, 5.74) is 0.689. The van der Waals surface area contributed by atoms with Crippen molar-refractivity contribution in [2.75, 3.05) is 41.8 Å². The summed E-state index contributed by atoms with van der Waals surface area (Å²) in [4.78, 5) is 22.3. The lowest BCUT2D eigenvalue weighted by atomic mass is 10.3.